The molecule has 40 valence electrons. The van der Waals surface area contributed by atoms with Crippen molar-refractivity contribution < 1.29 is 5.11 Å². The van der Waals surface area contributed by atoms with Gasteiger partial charge >= 0.3 is 0 Å². The Bertz CT molecular complexity index is 80.1. The van der Waals surface area contributed by atoms with E-state index < -0.39 is 0 Å². The van der Waals surface area contributed by atoms with Gasteiger partial charge < -0.3 is 10.8 Å². The van der Waals surface area contributed by atoms with Gasteiger partial charge in [-0.1, -0.05) is 12.2 Å². The molecule has 2 atom stereocenters. The third-order valence-corrected chi connectivity index (χ3v) is 1.09. The Hall–Kier alpha value is -0.340. The minimum Gasteiger partial charge on any atom is -0.389 e. The minimum absolute atomic E-state index is 0.0926. The molecule has 0 amide bonds. The van der Waals surface area contributed by atoms with Gasteiger partial charge in [0.1, 0.15) is 0 Å². The molecule has 0 aromatic rings. The maximum atomic E-state index is 8.73. The highest BCUT2D eigenvalue weighted by Crippen LogP contribution is 2.06. The van der Waals surface area contributed by atoms with E-state index in [1.54, 1.807) is 6.08 Å². The van der Waals surface area contributed by atoms with Crippen molar-refractivity contribution >= 4 is 0 Å². The van der Waals surface area contributed by atoms with Gasteiger partial charge in [0.05, 0.1) is 6.10 Å². The van der Waals surface area contributed by atoms with Gasteiger partial charge in [-0.2, -0.15) is 0 Å². The molecule has 1 aliphatic carbocycles. The van der Waals surface area contributed by atoms with Crippen LogP contribution in [0.3, 0.4) is 0 Å². The highest BCUT2D eigenvalue weighted by molar-refractivity contribution is 5.04. The van der Waals surface area contributed by atoms with E-state index in [4.69, 9.17) is 10.8 Å². The summed E-state index contributed by atoms with van der Waals surface area (Å²) in [5.74, 6) is 0. The molecule has 0 bridgehead atoms. The first kappa shape index (κ1) is 4.81. The van der Waals surface area contributed by atoms with Crippen LogP contribution < -0.4 is 5.73 Å². The van der Waals surface area contributed by atoms with Crippen LogP contribution in [0.5, 0.6) is 0 Å². The van der Waals surface area contributed by atoms with E-state index in [1.165, 1.54) is 0 Å². The molecule has 0 heterocycles. The van der Waals surface area contributed by atoms with E-state index in [1.807, 2.05) is 6.08 Å². The molecule has 0 saturated carbocycles. The Morgan fingerprint density at radius 2 is 2.29 bits per heavy atom. The van der Waals surface area contributed by atoms with Crippen LogP contribution in [-0.4, -0.2) is 17.3 Å². The number of aliphatic hydroxyl groups excluding tert-OH is 1. The number of rotatable bonds is 0. The fourth-order valence-electron chi connectivity index (χ4n) is 0.707. The van der Waals surface area contributed by atoms with Crippen LogP contribution in [0.1, 0.15) is 6.42 Å². The zero-order valence-corrected chi connectivity index (χ0v) is 4.04. The van der Waals surface area contributed by atoms with E-state index in [9.17, 15) is 0 Å². The maximum absolute atomic E-state index is 8.73. The average Bonchev–Trinajstić information content (AvgIpc) is 1.87. The van der Waals surface area contributed by atoms with Crippen molar-refractivity contribution in [3.05, 3.63) is 12.2 Å². The molecule has 1 rings (SSSR count). The lowest BCUT2D eigenvalue weighted by Gasteiger charge is -1.97. The fraction of sp³-hybridized carbons (Fsp3) is 0.600. The summed E-state index contributed by atoms with van der Waals surface area (Å²) >= 11 is 0. The summed E-state index contributed by atoms with van der Waals surface area (Å²) in [4.78, 5) is 0. The normalized spacial score (nSPS) is 39.7. The van der Waals surface area contributed by atoms with Crippen LogP contribution in [-0.2, 0) is 0 Å². The first-order chi connectivity index (χ1) is 3.29. The molecule has 0 aromatic heterocycles. The molecule has 3 N–H and O–H groups in total. The Morgan fingerprint density at radius 1 is 1.57 bits per heavy atom. The first-order valence-corrected chi connectivity index (χ1v) is 2.41. The first-order valence-electron chi connectivity index (χ1n) is 2.41. The topological polar surface area (TPSA) is 46.2 Å². The smallest absolute Gasteiger partial charge is 0.0739 e. The van der Waals surface area contributed by atoms with Crippen molar-refractivity contribution in [1.82, 2.24) is 0 Å². The highest BCUT2D eigenvalue weighted by atomic mass is 16.3. The standard InChI is InChI=1S/C5H9NO/c6-4-1-2-5(7)3-4/h1-2,4-5,7H,3,6H2/t4-,5+/m1/s1. The van der Waals surface area contributed by atoms with Gasteiger partial charge in [-0.25, -0.2) is 0 Å². The monoisotopic (exact) mass is 99.1 g/mol. The molecular weight excluding hydrogens is 90.1 g/mol. The van der Waals surface area contributed by atoms with Gasteiger partial charge in [0, 0.05) is 6.04 Å². The fourth-order valence-corrected chi connectivity index (χ4v) is 0.707. The summed E-state index contributed by atoms with van der Waals surface area (Å²) in [6.45, 7) is 0. The zero-order valence-electron chi connectivity index (χ0n) is 4.04. The highest BCUT2D eigenvalue weighted by Gasteiger charge is 2.10. The predicted octanol–water partition coefficient (Wildman–Crippen LogP) is -0.366. The lowest BCUT2D eigenvalue weighted by Crippen LogP contribution is -2.16. The molecule has 0 unspecified atom stereocenters. The lowest BCUT2D eigenvalue weighted by molar-refractivity contribution is 0.218. The molecule has 0 aliphatic heterocycles. The summed E-state index contributed by atoms with van der Waals surface area (Å²) < 4.78 is 0. The summed E-state index contributed by atoms with van der Waals surface area (Å²) in [7, 11) is 0. The van der Waals surface area contributed by atoms with Crippen molar-refractivity contribution in [3.63, 3.8) is 0 Å². The van der Waals surface area contributed by atoms with E-state index in [2.05, 4.69) is 0 Å². The summed E-state index contributed by atoms with van der Waals surface area (Å²) in [5.41, 5.74) is 5.38. The second kappa shape index (κ2) is 1.64. The second-order valence-electron chi connectivity index (χ2n) is 1.85. The van der Waals surface area contributed by atoms with Crippen LogP contribution >= 0.6 is 0 Å². The SMILES string of the molecule is N[C@@H]1C=C[C@H](O)C1. The quantitative estimate of drug-likeness (QED) is 0.407. The second-order valence-corrected chi connectivity index (χ2v) is 1.85. The summed E-state index contributed by atoms with van der Waals surface area (Å²) in [6.07, 6.45) is 3.96. The molecular formula is C5H9NO. The average molecular weight is 99.1 g/mol. The van der Waals surface area contributed by atoms with Crippen molar-refractivity contribution in [2.24, 2.45) is 5.73 Å². The van der Waals surface area contributed by atoms with Gasteiger partial charge in [-0.05, 0) is 6.42 Å². The van der Waals surface area contributed by atoms with E-state index in [-0.39, 0.29) is 12.1 Å². The van der Waals surface area contributed by atoms with Gasteiger partial charge in [0.25, 0.3) is 0 Å². The summed E-state index contributed by atoms with van der Waals surface area (Å²) in [6, 6.07) is 0.0926. The van der Waals surface area contributed by atoms with Crippen LogP contribution in [0, 0.1) is 0 Å². The van der Waals surface area contributed by atoms with Crippen LogP contribution in [0.4, 0.5) is 0 Å². The van der Waals surface area contributed by atoms with E-state index in [0.717, 1.165) is 0 Å². The summed E-state index contributed by atoms with van der Waals surface area (Å²) in [5, 5.41) is 8.73. The molecule has 0 aromatic carbocycles. The third-order valence-electron chi connectivity index (χ3n) is 1.09. The number of hydrogen-bond acceptors (Lipinski definition) is 2. The van der Waals surface area contributed by atoms with Gasteiger partial charge in [-0.15, -0.1) is 0 Å². The molecule has 0 spiro atoms. The molecule has 0 radical (unpaired) electrons. The Balaban J connectivity index is 2.42. The Labute approximate surface area is 42.6 Å². The van der Waals surface area contributed by atoms with Crippen molar-refractivity contribution in [2.75, 3.05) is 0 Å². The zero-order chi connectivity index (χ0) is 5.28. The van der Waals surface area contributed by atoms with Gasteiger partial charge in [-0.3, -0.25) is 0 Å². The van der Waals surface area contributed by atoms with Crippen molar-refractivity contribution in [1.29, 1.82) is 0 Å². The molecule has 1 aliphatic rings. The number of nitrogens with two attached hydrogens (primary N) is 1. The van der Waals surface area contributed by atoms with Crippen molar-refractivity contribution in [3.8, 4) is 0 Å². The molecule has 0 fully saturated rings. The Morgan fingerprint density at radius 3 is 2.43 bits per heavy atom. The van der Waals surface area contributed by atoms with Crippen LogP contribution in [0.25, 0.3) is 0 Å². The molecule has 7 heavy (non-hydrogen) atoms. The largest absolute Gasteiger partial charge is 0.389 e. The Kier molecular flexibility index (Phi) is 1.13. The number of hydrogen-bond donors (Lipinski definition) is 2. The predicted molar refractivity (Wildman–Crippen MR) is 27.7 cm³/mol. The van der Waals surface area contributed by atoms with Gasteiger partial charge in [0.2, 0.25) is 0 Å². The lowest BCUT2D eigenvalue weighted by atomic mass is 10.2. The minimum atomic E-state index is -0.282. The van der Waals surface area contributed by atoms with Crippen molar-refractivity contribution in [2.45, 2.75) is 18.6 Å². The van der Waals surface area contributed by atoms with E-state index in [0.29, 0.717) is 6.42 Å². The van der Waals surface area contributed by atoms with Crippen LogP contribution in [0.15, 0.2) is 12.2 Å². The molecule has 0 saturated heterocycles. The number of aliphatic hydroxyl groups is 1. The third kappa shape index (κ3) is 1.01. The van der Waals surface area contributed by atoms with E-state index >= 15 is 0 Å². The molecule has 2 nitrogen and oxygen atoms in total. The van der Waals surface area contributed by atoms with Crippen LogP contribution in [0.2, 0.25) is 0 Å². The maximum Gasteiger partial charge on any atom is 0.0739 e. The molecule has 2 heteroatoms. The van der Waals surface area contributed by atoms with Gasteiger partial charge in [0.15, 0.2) is 0 Å².